The second-order valence-corrected chi connectivity index (χ2v) is 5.68. The summed E-state index contributed by atoms with van der Waals surface area (Å²) in [5, 5.41) is 0. The zero-order chi connectivity index (χ0) is 16.9. The predicted octanol–water partition coefficient (Wildman–Crippen LogP) is 3.24. The summed E-state index contributed by atoms with van der Waals surface area (Å²) in [7, 11) is 1.27. The highest BCUT2D eigenvalue weighted by Gasteiger charge is 2.37. The second-order valence-electron chi connectivity index (χ2n) is 5.68. The Morgan fingerprint density at radius 1 is 1.04 bits per heavy atom. The lowest BCUT2D eigenvalue weighted by Gasteiger charge is -2.28. The Hall–Kier alpha value is -2.88. The van der Waals surface area contributed by atoms with Gasteiger partial charge in [-0.3, -0.25) is 4.79 Å². The number of esters is 2. The molecule has 0 bridgehead atoms. The average Bonchev–Trinajstić information content (AvgIpc) is 2.64. The van der Waals surface area contributed by atoms with Crippen LogP contribution in [0.15, 0.2) is 72.5 Å². The molecule has 0 radical (unpaired) electrons. The molecule has 1 aliphatic rings. The number of methoxy groups -OCH3 is 1. The molecular formula is C20H18O4. The van der Waals surface area contributed by atoms with Gasteiger partial charge in [-0.1, -0.05) is 60.7 Å². The Morgan fingerprint density at radius 3 is 2.29 bits per heavy atom. The van der Waals surface area contributed by atoms with Crippen molar-refractivity contribution >= 4 is 11.9 Å². The maximum Gasteiger partial charge on any atom is 0.373 e. The highest BCUT2D eigenvalue weighted by Crippen LogP contribution is 2.35. The van der Waals surface area contributed by atoms with Crippen LogP contribution in [0.3, 0.4) is 0 Å². The molecule has 24 heavy (non-hydrogen) atoms. The lowest BCUT2D eigenvalue weighted by Crippen LogP contribution is -2.32. The van der Waals surface area contributed by atoms with Crippen LogP contribution in [0.2, 0.25) is 0 Å². The average molecular weight is 322 g/mol. The van der Waals surface area contributed by atoms with E-state index in [0.29, 0.717) is 6.42 Å². The third-order valence-electron chi connectivity index (χ3n) is 4.15. The topological polar surface area (TPSA) is 52.6 Å². The van der Waals surface area contributed by atoms with Gasteiger partial charge in [-0.2, -0.15) is 0 Å². The zero-order valence-electron chi connectivity index (χ0n) is 13.3. The molecule has 0 aliphatic carbocycles. The van der Waals surface area contributed by atoms with Gasteiger partial charge in [-0.25, -0.2) is 4.79 Å². The van der Waals surface area contributed by atoms with Crippen LogP contribution in [0.5, 0.6) is 0 Å². The number of ether oxygens (including phenoxy) is 2. The van der Waals surface area contributed by atoms with E-state index >= 15 is 0 Å². The molecule has 1 heterocycles. The summed E-state index contributed by atoms with van der Waals surface area (Å²) >= 11 is 0. The number of benzene rings is 2. The SMILES string of the molecule is COC(=O)C1=C[C@H](c2ccccc2)[C@H](Cc2ccccc2)C(=O)O1. The van der Waals surface area contributed by atoms with Crippen molar-refractivity contribution in [1.82, 2.24) is 0 Å². The van der Waals surface area contributed by atoms with E-state index in [0.717, 1.165) is 11.1 Å². The van der Waals surface area contributed by atoms with Gasteiger partial charge >= 0.3 is 11.9 Å². The minimum atomic E-state index is -0.637. The summed E-state index contributed by atoms with van der Waals surface area (Å²) in [6, 6.07) is 19.4. The second kappa shape index (κ2) is 7.13. The molecule has 4 nitrogen and oxygen atoms in total. The molecule has 0 amide bonds. The van der Waals surface area contributed by atoms with Crippen LogP contribution in [0, 0.1) is 5.92 Å². The van der Waals surface area contributed by atoms with Crippen molar-refractivity contribution in [2.45, 2.75) is 12.3 Å². The summed E-state index contributed by atoms with van der Waals surface area (Å²) in [5.41, 5.74) is 2.02. The molecule has 4 heteroatoms. The molecule has 0 spiro atoms. The van der Waals surface area contributed by atoms with Gasteiger partial charge < -0.3 is 9.47 Å². The Labute approximate surface area is 140 Å². The fraction of sp³-hybridized carbons (Fsp3) is 0.200. The summed E-state index contributed by atoms with van der Waals surface area (Å²) in [6.07, 6.45) is 2.24. The minimum Gasteiger partial charge on any atom is -0.463 e. The number of hydrogen-bond acceptors (Lipinski definition) is 4. The van der Waals surface area contributed by atoms with Crippen LogP contribution in [-0.2, 0) is 25.5 Å². The van der Waals surface area contributed by atoms with Crippen molar-refractivity contribution in [3.05, 3.63) is 83.6 Å². The van der Waals surface area contributed by atoms with E-state index in [4.69, 9.17) is 9.47 Å². The summed E-state index contributed by atoms with van der Waals surface area (Å²) in [4.78, 5) is 24.3. The largest absolute Gasteiger partial charge is 0.463 e. The van der Waals surface area contributed by atoms with Gasteiger partial charge in [0.2, 0.25) is 5.76 Å². The lowest BCUT2D eigenvalue weighted by atomic mass is 9.80. The number of carbonyl (C=O) groups excluding carboxylic acids is 2. The van der Waals surface area contributed by atoms with E-state index in [-0.39, 0.29) is 17.6 Å². The van der Waals surface area contributed by atoms with E-state index in [9.17, 15) is 9.59 Å². The smallest absolute Gasteiger partial charge is 0.373 e. The number of rotatable bonds is 4. The van der Waals surface area contributed by atoms with E-state index < -0.39 is 11.9 Å². The van der Waals surface area contributed by atoms with Crippen LogP contribution in [0.1, 0.15) is 17.0 Å². The fourth-order valence-corrected chi connectivity index (χ4v) is 2.94. The van der Waals surface area contributed by atoms with Gasteiger partial charge in [0, 0.05) is 5.92 Å². The molecule has 2 atom stereocenters. The third-order valence-corrected chi connectivity index (χ3v) is 4.15. The maximum atomic E-state index is 12.5. The molecule has 0 N–H and O–H groups in total. The summed E-state index contributed by atoms with van der Waals surface area (Å²) in [6.45, 7) is 0. The summed E-state index contributed by atoms with van der Waals surface area (Å²) in [5.74, 6) is -1.70. The van der Waals surface area contributed by atoms with Crippen LogP contribution in [0.4, 0.5) is 0 Å². The molecule has 0 saturated carbocycles. The Morgan fingerprint density at radius 2 is 1.67 bits per heavy atom. The molecule has 0 saturated heterocycles. The minimum absolute atomic E-state index is 0.0411. The number of carbonyl (C=O) groups is 2. The van der Waals surface area contributed by atoms with Crippen molar-refractivity contribution in [2.75, 3.05) is 7.11 Å². The van der Waals surface area contributed by atoms with Crippen LogP contribution in [0.25, 0.3) is 0 Å². The van der Waals surface area contributed by atoms with Crippen molar-refractivity contribution in [3.63, 3.8) is 0 Å². The van der Waals surface area contributed by atoms with E-state index in [1.807, 2.05) is 60.7 Å². The lowest BCUT2D eigenvalue weighted by molar-refractivity contribution is -0.154. The van der Waals surface area contributed by atoms with Crippen molar-refractivity contribution in [3.8, 4) is 0 Å². The molecular weight excluding hydrogens is 304 g/mol. The van der Waals surface area contributed by atoms with Gasteiger partial charge in [-0.05, 0) is 23.6 Å². The molecule has 2 aromatic carbocycles. The molecule has 0 fully saturated rings. The third kappa shape index (κ3) is 3.38. The van der Waals surface area contributed by atoms with Crippen molar-refractivity contribution in [2.24, 2.45) is 5.92 Å². The van der Waals surface area contributed by atoms with Crippen LogP contribution < -0.4 is 0 Å². The van der Waals surface area contributed by atoms with Crippen molar-refractivity contribution < 1.29 is 19.1 Å². The highest BCUT2D eigenvalue weighted by atomic mass is 16.6. The van der Waals surface area contributed by atoms with Crippen molar-refractivity contribution in [1.29, 1.82) is 0 Å². The Kier molecular flexibility index (Phi) is 4.75. The first-order valence-corrected chi connectivity index (χ1v) is 7.79. The highest BCUT2D eigenvalue weighted by molar-refractivity contribution is 5.92. The van der Waals surface area contributed by atoms with E-state index in [1.54, 1.807) is 6.08 Å². The van der Waals surface area contributed by atoms with Crippen LogP contribution >= 0.6 is 0 Å². The monoisotopic (exact) mass is 322 g/mol. The quantitative estimate of drug-likeness (QED) is 0.811. The first-order chi connectivity index (χ1) is 11.7. The first kappa shape index (κ1) is 16.0. The Balaban J connectivity index is 1.97. The molecule has 2 aromatic rings. The predicted molar refractivity (Wildman–Crippen MR) is 89.0 cm³/mol. The molecule has 122 valence electrons. The molecule has 1 aliphatic heterocycles. The fourth-order valence-electron chi connectivity index (χ4n) is 2.94. The van der Waals surface area contributed by atoms with E-state index in [2.05, 4.69) is 0 Å². The number of allylic oxidation sites excluding steroid dienone is 1. The van der Waals surface area contributed by atoms with Gasteiger partial charge in [0.25, 0.3) is 0 Å². The van der Waals surface area contributed by atoms with Gasteiger partial charge in [0.05, 0.1) is 13.0 Å². The van der Waals surface area contributed by atoms with Gasteiger partial charge in [0.15, 0.2) is 0 Å². The molecule has 3 rings (SSSR count). The van der Waals surface area contributed by atoms with Crippen LogP contribution in [-0.4, -0.2) is 19.0 Å². The normalized spacial score (nSPS) is 20.0. The van der Waals surface area contributed by atoms with Gasteiger partial charge in [-0.15, -0.1) is 0 Å². The van der Waals surface area contributed by atoms with Gasteiger partial charge in [0.1, 0.15) is 0 Å². The maximum absolute atomic E-state index is 12.5. The first-order valence-electron chi connectivity index (χ1n) is 7.79. The standard InChI is InChI=1S/C20H18O4/c1-23-20(22)18-13-16(15-10-6-3-7-11-15)17(19(21)24-18)12-14-8-4-2-5-9-14/h2-11,13,16-17H,12H2,1H3/t16-,17+/m1/s1. The zero-order valence-corrected chi connectivity index (χ0v) is 13.3. The number of hydrogen-bond donors (Lipinski definition) is 0. The molecule has 0 aromatic heterocycles. The summed E-state index contributed by atoms with van der Waals surface area (Å²) < 4.78 is 9.91. The molecule has 0 unspecified atom stereocenters. The Bertz CT molecular complexity index is 750. The number of cyclic esters (lactones) is 1. The van der Waals surface area contributed by atoms with E-state index in [1.165, 1.54) is 7.11 Å².